The predicted octanol–water partition coefficient (Wildman–Crippen LogP) is 4.25. The zero-order valence-corrected chi connectivity index (χ0v) is 16.2. The largest absolute Gasteiger partial charge is 0.484 e. The minimum atomic E-state index is -0.190. The molecule has 0 saturated carbocycles. The number of carbonyl (C=O) groups is 1. The summed E-state index contributed by atoms with van der Waals surface area (Å²) in [5.74, 6) is 2.97. The van der Waals surface area contributed by atoms with E-state index in [1.54, 1.807) is 0 Å². The van der Waals surface area contributed by atoms with E-state index in [1.807, 2.05) is 46.8 Å². The number of ether oxygens (including phenoxy) is 1. The van der Waals surface area contributed by atoms with Crippen molar-refractivity contribution in [2.75, 3.05) is 11.9 Å². The van der Waals surface area contributed by atoms with E-state index in [4.69, 9.17) is 9.84 Å². The highest BCUT2D eigenvalue weighted by Gasteiger charge is 2.25. The molecule has 0 bridgehead atoms. The van der Waals surface area contributed by atoms with E-state index >= 15 is 0 Å². The van der Waals surface area contributed by atoms with Crippen LogP contribution in [0.3, 0.4) is 0 Å². The first-order chi connectivity index (χ1) is 13.1. The number of hydrogen-bond acceptors (Lipinski definition) is 4. The number of nitrogens with one attached hydrogen (secondary N) is 1. The lowest BCUT2D eigenvalue weighted by atomic mass is 10.1. The SMILES string of the molecule is Cc1ccc(-n2nc3c(c2NC(=O)COc2ccccc2)CSC3)c(C)c1. The van der Waals surface area contributed by atoms with Crippen LogP contribution >= 0.6 is 11.8 Å². The zero-order valence-electron chi connectivity index (χ0n) is 15.4. The number of fused-ring (bicyclic) bond motifs is 1. The van der Waals surface area contributed by atoms with E-state index in [9.17, 15) is 4.79 Å². The molecule has 27 heavy (non-hydrogen) atoms. The lowest BCUT2D eigenvalue weighted by Gasteiger charge is -2.14. The highest BCUT2D eigenvalue weighted by molar-refractivity contribution is 7.98. The van der Waals surface area contributed by atoms with E-state index in [0.29, 0.717) is 5.75 Å². The van der Waals surface area contributed by atoms with Crippen molar-refractivity contribution in [2.24, 2.45) is 0 Å². The number of aryl methyl sites for hydroxylation is 2. The Balaban J connectivity index is 1.59. The van der Waals surface area contributed by atoms with Gasteiger partial charge in [0.15, 0.2) is 6.61 Å². The van der Waals surface area contributed by atoms with Crippen molar-refractivity contribution in [2.45, 2.75) is 25.4 Å². The van der Waals surface area contributed by atoms with Crippen LogP contribution in [0.15, 0.2) is 48.5 Å². The van der Waals surface area contributed by atoms with Gasteiger partial charge in [-0.3, -0.25) is 4.79 Å². The second-order valence-corrected chi connectivity index (χ2v) is 7.60. The fourth-order valence-corrected chi connectivity index (χ4v) is 4.23. The molecule has 1 aliphatic rings. The average Bonchev–Trinajstić information content (AvgIpc) is 3.24. The first-order valence-electron chi connectivity index (χ1n) is 8.85. The fraction of sp³-hybridized carbons (Fsp3) is 0.238. The van der Waals surface area contributed by atoms with Crippen molar-refractivity contribution in [1.82, 2.24) is 9.78 Å². The molecule has 1 N–H and O–H groups in total. The predicted molar refractivity (Wildman–Crippen MR) is 109 cm³/mol. The number of benzene rings is 2. The standard InChI is InChI=1S/C21H21N3O2S/c1-14-8-9-19(15(2)10-14)24-21(17-12-27-13-18(17)23-24)22-20(25)11-26-16-6-4-3-5-7-16/h3-10H,11-13H2,1-2H3,(H,22,25). The molecule has 0 unspecified atom stereocenters. The number of carbonyl (C=O) groups excluding carboxylic acids is 1. The summed E-state index contributed by atoms with van der Waals surface area (Å²) in [6.07, 6.45) is 0. The Bertz CT molecular complexity index is 983. The number of amides is 1. The molecule has 1 amide bonds. The third kappa shape index (κ3) is 3.71. The van der Waals surface area contributed by atoms with Crippen LogP contribution in [0.2, 0.25) is 0 Å². The Morgan fingerprint density at radius 3 is 2.78 bits per heavy atom. The molecule has 2 heterocycles. The van der Waals surface area contributed by atoms with Crippen molar-refractivity contribution >= 4 is 23.5 Å². The van der Waals surface area contributed by atoms with Gasteiger partial charge in [-0.2, -0.15) is 16.9 Å². The van der Waals surface area contributed by atoms with Gasteiger partial charge in [-0.05, 0) is 37.6 Å². The third-order valence-electron chi connectivity index (χ3n) is 4.50. The van der Waals surface area contributed by atoms with E-state index in [2.05, 4.69) is 37.4 Å². The monoisotopic (exact) mass is 379 g/mol. The molecule has 0 radical (unpaired) electrons. The Labute approximate surface area is 162 Å². The Kier molecular flexibility index (Phi) is 4.90. The highest BCUT2D eigenvalue weighted by atomic mass is 32.2. The summed E-state index contributed by atoms with van der Waals surface area (Å²) in [6.45, 7) is 4.10. The molecule has 2 aromatic carbocycles. The second kappa shape index (κ2) is 7.48. The molecule has 0 saturated heterocycles. The third-order valence-corrected chi connectivity index (χ3v) is 5.47. The Morgan fingerprint density at radius 2 is 2.00 bits per heavy atom. The summed E-state index contributed by atoms with van der Waals surface area (Å²) < 4.78 is 7.43. The van der Waals surface area contributed by atoms with Crippen LogP contribution in [0.5, 0.6) is 5.75 Å². The maximum Gasteiger partial charge on any atom is 0.263 e. The summed E-state index contributed by atoms with van der Waals surface area (Å²) in [7, 11) is 0. The normalized spacial score (nSPS) is 12.7. The Morgan fingerprint density at radius 1 is 1.19 bits per heavy atom. The maximum absolute atomic E-state index is 12.5. The van der Waals surface area contributed by atoms with Crippen LogP contribution in [-0.2, 0) is 16.3 Å². The van der Waals surface area contributed by atoms with E-state index in [-0.39, 0.29) is 12.5 Å². The van der Waals surface area contributed by atoms with Crippen LogP contribution in [0.4, 0.5) is 5.82 Å². The van der Waals surface area contributed by atoms with Crippen molar-refractivity contribution in [3.8, 4) is 11.4 Å². The molecule has 138 valence electrons. The van der Waals surface area contributed by atoms with Gasteiger partial charge in [0.05, 0.1) is 11.4 Å². The lowest BCUT2D eigenvalue weighted by molar-refractivity contribution is -0.118. The van der Waals surface area contributed by atoms with Crippen LogP contribution in [0.25, 0.3) is 5.69 Å². The molecular weight excluding hydrogens is 358 g/mol. The van der Waals surface area contributed by atoms with Gasteiger partial charge in [-0.25, -0.2) is 4.68 Å². The number of anilines is 1. The van der Waals surface area contributed by atoms with Crippen molar-refractivity contribution in [3.63, 3.8) is 0 Å². The highest BCUT2D eigenvalue weighted by Crippen LogP contribution is 2.36. The zero-order chi connectivity index (χ0) is 18.8. The van der Waals surface area contributed by atoms with E-state index < -0.39 is 0 Å². The van der Waals surface area contributed by atoms with Gasteiger partial charge in [-0.15, -0.1) is 0 Å². The van der Waals surface area contributed by atoms with Gasteiger partial charge < -0.3 is 10.1 Å². The van der Waals surface area contributed by atoms with E-state index in [0.717, 1.165) is 39.8 Å². The molecule has 1 aromatic heterocycles. The van der Waals surface area contributed by atoms with Crippen molar-refractivity contribution in [3.05, 3.63) is 70.9 Å². The minimum Gasteiger partial charge on any atom is -0.484 e. The molecule has 0 atom stereocenters. The first kappa shape index (κ1) is 17.7. The summed E-state index contributed by atoms with van der Waals surface area (Å²) >= 11 is 1.81. The van der Waals surface area contributed by atoms with Gasteiger partial charge in [0.2, 0.25) is 0 Å². The molecule has 3 aromatic rings. The number of para-hydroxylation sites is 1. The van der Waals surface area contributed by atoms with Gasteiger partial charge in [0.1, 0.15) is 11.6 Å². The number of nitrogens with zero attached hydrogens (tertiary/aromatic N) is 2. The molecule has 4 rings (SSSR count). The lowest BCUT2D eigenvalue weighted by Crippen LogP contribution is -2.22. The number of rotatable bonds is 5. The molecular formula is C21H21N3O2S. The number of aromatic nitrogens is 2. The van der Waals surface area contributed by atoms with Gasteiger partial charge in [-0.1, -0.05) is 35.9 Å². The van der Waals surface area contributed by atoms with Gasteiger partial charge in [0, 0.05) is 17.1 Å². The summed E-state index contributed by atoms with van der Waals surface area (Å²) in [4.78, 5) is 12.5. The van der Waals surface area contributed by atoms with Gasteiger partial charge in [0.25, 0.3) is 5.91 Å². The van der Waals surface area contributed by atoms with Crippen LogP contribution in [0, 0.1) is 13.8 Å². The number of hydrogen-bond donors (Lipinski definition) is 1. The van der Waals surface area contributed by atoms with Gasteiger partial charge >= 0.3 is 0 Å². The maximum atomic E-state index is 12.5. The molecule has 0 aliphatic carbocycles. The molecule has 0 fully saturated rings. The fourth-order valence-electron chi connectivity index (χ4n) is 3.19. The topological polar surface area (TPSA) is 56.2 Å². The molecule has 5 nitrogen and oxygen atoms in total. The second-order valence-electron chi connectivity index (χ2n) is 6.62. The summed E-state index contributed by atoms with van der Waals surface area (Å²) in [5, 5.41) is 7.79. The van der Waals surface area contributed by atoms with E-state index in [1.165, 1.54) is 5.56 Å². The molecule has 1 aliphatic heterocycles. The van der Waals surface area contributed by atoms with Crippen LogP contribution < -0.4 is 10.1 Å². The minimum absolute atomic E-state index is 0.0377. The smallest absolute Gasteiger partial charge is 0.263 e. The molecule has 6 heteroatoms. The summed E-state index contributed by atoms with van der Waals surface area (Å²) in [5.41, 5.74) is 5.46. The van der Waals surface area contributed by atoms with Crippen LogP contribution in [-0.4, -0.2) is 22.3 Å². The number of thioether (sulfide) groups is 1. The first-order valence-corrected chi connectivity index (χ1v) is 10.0. The summed E-state index contributed by atoms with van der Waals surface area (Å²) in [6, 6.07) is 15.6. The van der Waals surface area contributed by atoms with Crippen molar-refractivity contribution in [1.29, 1.82) is 0 Å². The van der Waals surface area contributed by atoms with Crippen LogP contribution in [0.1, 0.15) is 22.4 Å². The average molecular weight is 379 g/mol. The quantitative estimate of drug-likeness (QED) is 0.720. The van der Waals surface area contributed by atoms with Crippen molar-refractivity contribution < 1.29 is 9.53 Å². The molecule has 0 spiro atoms. The Hall–Kier alpha value is -2.73.